The van der Waals surface area contributed by atoms with Crippen LogP contribution in [0.25, 0.3) is 0 Å². The first-order valence-corrected chi connectivity index (χ1v) is 2.97. The van der Waals surface area contributed by atoms with Crippen molar-refractivity contribution < 1.29 is 0 Å². The molecule has 2 heteroatoms. The molecule has 0 spiro atoms. The van der Waals surface area contributed by atoms with Gasteiger partial charge in [0.15, 0.2) is 0 Å². The van der Waals surface area contributed by atoms with Crippen molar-refractivity contribution in [1.29, 1.82) is 0 Å². The zero-order chi connectivity index (χ0) is 6.41. The number of hydrogen-bond donors (Lipinski definition) is 0. The molecule has 0 aromatic carbocycles. The summed E-state index contributed by atoms with van der Waals surface area (Å²) in [6, 6.07) is 0. The number of nitrogens with zero attached hydrogens (tertiary/aromatic N) is 1. The molecule has 0 atom stereocenters. The number of hydrogen-bond acceptors (Lipinski definition) is 2. The van der Waals surface area contributed by atoms with Crippen LogP contribution in [-0.4, -0.2) is 5.71 Å². The Kier molecular flexibility index (Phi) is 4.32. The van der Waals surface area contributed by atoms with Gasteiger partial charge in [-0.3, -0.25) is 0 Å². The van der Waals surface area contributed by atoms with E-state index in [2.05, 4.69) is 12.1 Å². The zero-order valence-electron chi connectivity index (χ0n) is 5.48. The van der Waals surface area contributed by atoms with Gasteiger partial charge in [0.05, 0.1) is 0 Å². The van der Waals surface area contributed by atoms with Crippen molar-refractivity contribution in [3.05, 3.63) is 5.21 Å². The van der Waals surface area contributed by atoms with Gasteiger partial charge in [-0.2, -0.15) is 0 Å². The molecule has 0 rings (SSSR count). The van der Waals surface area contributed by atoms with Crippen molar-refractivity contribution in [2.75, 3.05) is 0 Å². The average molecular weight is 114 g/mol. The second-order valence-electron chi connectivity index (χ2n) is 1.93. The Labute approximate surface area is 50.2 Å². The first-order valence-electron chi connectivity index (χ1n) is 2.97. The van der Waals surface area contributed by atoms with Crippen LogP contribution in [0, 0.1) is 5.21 Å². The van der Waals surface area contributed by atoms with Gasteiger partial charge in [-0.05, 0) is 19.8 Å². The molecule has 2 nitrogen and oxygen atoms in total. The van der Waals surface area contributed by atoms with Crippen LogP contribution in [0.2, 0.25) is 0 Å². The minimum absolute atomic E-state index is 0.715. The van der Waals surface area contributed by atoms with Gasteiger partial charge in [-0.1, -0.05) is 13.3 Å². The predicted molar refractivity (Wildman–Crippen MR) is 36.0 cm³/mol. The first kappa shape index (κ1) is 7.47. The third-order valence-corrected chi connectivity index (χ3v) is 1.05. The highest BCUT2D eigenvalue weighted by Crippen LogP contribution is 1.95. The van der Waals surface area contributed by atoms with E-state index in [-0.39, 0.29) is 0 Å². The largest absolute Gasteiger partial charge is 0.792 e. The summed E-state index contributed by atoms with van der Waals surface area (Å²) in [6.07, 6.45) is 3.07. The van der Waals surface area contributed by atoms with Crippen molar-refractivity contribution in [2.24, 2.45) is 5.16 Å². The molecule has 0 bridgehead atoms. The lowest BCUT2D eigenvalue weighted by Crippen LogP contribution is -1.87. The van der Waals surface area contributed by atoms with Crippen LogP contribution < -0.4 is 0 Å². The molecule has 0 aromatic rings. The molecule has 0 amide bonds. The van der Waals surface area contributed by atoms with Gasteiger partial charge < -0.3 is 10.4 Å². The maximum Gasteiger partial charge on any atom is 0.00376 e. The summed E-state index contributed by atoms with van der Waals surface area (Å²) in [5, 5.41) is 12.5. The highest BCUT2D eigenvalue weighted by atomic mass is 16.4. The van der Waals surface area contributed by atoms with Gasteiger partial charge in [-0.25, -0.2) is 0 Å². The second-order valence-corrected chi connectivity index (χ2v) is 1.93. The zero-order valence-corrected chi connectivity index (χ0v) is 5.48. The lowest BCUT2D eigenvalue weighted by Gasteiger charge is -1.98. The molecule has 48 valence electrons. The summed E-state index contributed by atoms with van der Waals surface area (Å²) >= 11 is 0. The molecule has 0 heterocycles. The lowest BCUT2D eigenvalue weighted by molar-refractivity contribution is 0.833. The van der Waals surface area contributed by atoms with Gasteiger partial charge in [0.2, 0.25) is 0 Å². The molecule has 0 unspecified atom stereocenters. The van der Waals surface area contributed by atoms with Crippen LogP contribution in [0.4, 0.5) is 0 Å². The molecule has 0 saturated heterocycles. The predicted octanol–water partition coefficient (Wildman–Crippen LogP) is 2.14. The van der Waals surface area contributed by atoms with Crippen LogP contribution in [0.15, 0.2) is 5.16 Å². The second kappa shape index (κ2) is 4.62. The summed E-state index contributed by atoms with van der Waals surface area (Å²) in [7, 11) is 0. The molecule has 0 aromatic heterocycles. The number of unbranched alkanes of at least 4 members (excludes halogenated alkanes) is 1. The molecule has 0 radical (unpaired) electrons. The fourth-order valence-corrected chi connectivity index (χ4v) is 0.478. The summed E-state index contributed by atoms with van der Waals surface area (Å²) in [5.41, 5.74) is 0.715. The molecule has 0 fully saturated rings. The minimum Gasteiger partial charge on any atom is -0.792 e. The Morgan fingerprint density at radius 1 is 1.62 bits per heavy atom. The van der Waals surface area contributed by atoms with Crippen molar-refractivity contribution in [3.63, 3.8) is 0 Å². The summed E-state index contributed by atoms with van der Waals surface area (Å²) in [5.74, 6) is 0. The third-order valence-electron chi connectivity index (χ3n) is 1.05. The first-order chi connectivity index (χ1) is 3.81. The normalized spacial score (nSPS) is 12.0. The standard InChI is InChI=1S/C6H13NO/c1-3-4-5-6(2)7-8/h8H,3-5H2,1-2H3/p-1. The molecular weight excluding hydrogens is 102 g/mol. The summed E-state index contributed by atoms with van der Waals surface area (Å²) in [6.45, 7) is 3.86. The molecule has 8 heavy (non-hydrogen) atoms. The third kappa shape index (κ3) is 3.65. The van der Waals surface area contributed by atoms with Crippen LogP contribution in [0.5, 0.6) is 0 Å². The highest BCUT2D eigenvalue weighted by Gasteiger charge is 1.84. The van der Waals surface area contributed by atoms with Crippen LogP contribution in [-0.2, 0) is 0 Å². The quantitative estimate of drug-likeness (QED) is 0.409. The lowest BCUT2D eigenvalue weighted by atomic mass is 10.2. The van der Waals surface area contributed by atoms with Crippen molar-refractivity contribution >= 4 is 5.71 Å². The van der Waals surface area contributed by atoms with E-state index in [1.165, 1.54) is 0 Å². The van der Waals surface area contributed by atoms with Crippen molar-refractivity contribution in [2.45, 2.75) is 33.1 Å². The van der Waals surface area contributed by atoms with Crippen molar-refractivity contribution in [1.82, 2.24) is 0 Å². The molecule has 0 aliphatic carbocycles. The smallest absolute Gasteiger partial charge is 0.00376 e. The van der Waals surface area contributed by atoms with Gasteiger partial charge in [-0.15, -0.1) is 0 Å². The van der Waals surface area contributed by atoms with Crippen LogP contribution in [0.3, 0.4) is 0 Å². The maximum absolute atomic E-state index is 9.72. The Balaban J connectivity index is 3.12. The van der Waals surface area contributed by atoms with Crippen LogP contribution in [0.1, 0.15) is 33.1 Å². The Hall–Kier alpha value is -0.530. The molecule has 0 aliphatic rings. The summed E-state index contributed by atoms with van der Waals surface area (Å²) in [4.78, 5) is 0. The fourth-order valence-electron chi connectivity index (χ4n) is 0.478. The monoisotopic (exact) mass is 114 g/mol. The highest BCUT2D eigenvalue weighted by molar-refractivity contribution is 5.81. The SMILES string of the molecule is CCCCC(C)=N[O-]. The van der Waals surface area contributed by atoms with Gasteiger partial charge >= 0.3 is 0 Å². The molecule has 0 saturated carbocycles. The van der Waals surface area contributed by atoms with Gasteiger partial charge in [0, 0.05) is 5.71 Å². The minimum atomic E-state index is 0.715. The van der Waals surface area contributed by atoms with E-state index in [1.54, 1.807) is 6.92 Å². The van der Waals surface area contributed by atoms with Crippen LogP contribution >= 0.6 is 0 Å². The van der Waals surface area contributed by atoms with E-state index in [0.717, 1.165) is 19.3 Å². The molecular formula is C6H12NO-. The molecule has 0 aliphatic heterocycles. The Morgan fingerprint density at radius 3 is 2.62 bits per heavy atom. The Bertz CT molecular complexity index is 78.6. The molecule has 0 N–H and O–H groups in total. The van der Waals surface area contributed by atoms with Crippen molar-refractivity contribution in [3.8, 4) is 0 Å². The number of rotatable bonds is 3. The van der Waals surface area contributed by atoms with E-state index >= 15 is 0 Å². The van der Waals surface area contributed by atoms with E-state index < -0.39 is 0 Å². The average Bonchev–Trinajstić information content (AvgIpc) is 1.83. The van der Waals surface area contributed by atoms with Gasteiger partial charge in [0.1, 0.15) is 0 Å². The van der Waals surface area contributed by atoms with Gasteiger partial charge in [0.25, 0.3) is 0 Å². The van der Waals surface area contributed by atoms with E-state index in [1.807, 2.05) is 0 Å². The topological polar surface area (TPSA) is 35.4 Å². The van der Waals surface area contributed by atoms with E-state index in [9.17, 15) is 5.21 Å². The van der Waals surface area contributed by atoms with E-state index in [4.69, 9.17) is 0 Å². The maximum atomic E-state index is 9.72. The fraction of sp³-hybridized carbons (Fsp3) is 0.833. The van der Waals surface area contributed by atoms with E-state index in [0.29, 0.717) is 5.71 Å². The summed E-state index contributed by atoms with van der Waals surface area (Å²) < 4.78 is 0. The Morgan fingerprint density at radius 2 is 2.25 bits per heavy atom.